The van der Waals surface area contributed by atoms with E-state index in [-0.39, 0.29) is 35.1 Å². The van der Waals surface area contributed by atoms with Crippen molar-refractivity contribution in [3.63, 3.8) is 0 Å². The van der Waals surface area contributed by atoms with Gasteiger partial charge in [-0.25, -0.2) is 0 Å². The van der Waals surface area contributed by atoms with Crippen LogP contribution in [0.15, 0.2) is 0 Å². The van der Waals surface area contributed by atoms with Gasteiger partial charge in [-0.05, 0) is 110 Å². The summed E-state index contributed by atoms with van der Waals surface area (Å²) in [4.78, 5) is 13.2. The maximum atomic E-state index is 13.2. The van der Waals surface area contributed by atoms with Crippen LogP contribution in [-0.2, 0) is 4.79 Å². The molecule has 0 amide bonds. The van der Waals surface area contributed by atoms with Crippen molar-refractivity contribution in [1.82, 2.24) is 0 Å². The second kappa shape index (κ2) is 17.0. The molecule has 10 unspecified atom stereocenters. The molecule has 46 heavy (non-hydrogen) atoms. The third-order valence-electron chi connectivity index (χ3n) is 15.4. The van der Waals surface area contributed by atoms with E-state index in [9.17, 15) is 20.1 Å². The summed E-state index contributed by atoms with van der Waals surface area (Å²) in [5.41, 5.74) is -0.0556. The predicted octanol–water partition coefficient (Wildman–Crippen LogP) is 10.2. The molecule has 266 valence electrons. The molecule has 3 N–H and O–H groups in total. The van der Waals surface area contributed by atoms with Crippen molar-refractivity contribution in [1.29, 1.82) is 0 Å². The first-order valence-electron chi connectivity index (χ1n) is 20.7. The molecule has 0 bridgehead atoms. The molecule has 11 atom stereocenters. The number of ketones is 1. The maximum absolute atomic E-state index is 13.2. The first-order valence-corrected chi connectivity index (χ1v) is 20.7. The molecule has 5 rings (SSSR count). The van der Waals surface area contributed by atoms with E-state index in [1.165, 1.54) is 96.3 Å². The summed E-state index contributed by atoms with van der Waals surface area (Å²) < 4.78 is 0. The Hall–Kier alpha value is -0.450. The summed E-state index contributed by atoms with van der Waals surface area (Å²) >= 11 is 0. The largest absolute Gasteiger partial charge is 0.393 e. The van der Waals surface area contributed by atoms with Crippen LogP contribution in [-0.4, -0.2) is 39.4 Å². The number of hydrogen-bond donors (Lipinski definition) is 3. The van der Waals surface area contributed by atoms with Crippen LogP contribution in [0.3, 0.4) is 0 Å². The topological polar surface area (TPSA) is 77.8 Å². The van der Waals surface area contributed by atoms with E-state index in [1.54, 1.807) is 0 Å². The minimum absolute atomic E-state index is 0.118. The highest BCUT2D eigenvalue weighted by Gasteiger charge is 2.65. The summed E-state index contributed by atoms with van der Waals surface area (Å²) in [5, 5.41) is 33.9. The Morgan fingerprint density at radius 3 is 1.96 bits per heavy atom. The smallest absolute Gasteiger partial charge is 0.132 e. The maximum Gasteiger partial charge on any atom is 0.132 e. The van der Waals surface area contributed by atoms with Gasteiger partial charge in [0.1, 0.15) is 5.78 Å². The predicted molar refractivity (Wildman–Crippen MR) is 189 cm³/mol. The standard InChI is InChI=1S/C42H74O4/c1-30(21-22-33(43)20-16-19-31-17-14-12-10-8-6-4-5-7-9-11-13-15-18-31)35-23-24-36-40-37(29-39(46)42(35,36)3)41(2)26-25-34(44)27-32(41)28-38(40)45/h30-32,34-40,44-46H,4-29H2,1-3H3/t30-,32?,34?,35?,36?,37?,38?,39?,40?,41?,42?/m1/s1. The van der Waals surface area contributed by atoms with E-state index in [4.69, 9.17) is 0 Å². The van der Waals surface area contributed by atoms with E-state index < -0.39 is 0 Å². The monoisotopic (exact) mass is 643 g/mol. The summed E-state index contributed by atoms with van der Waals surface area (Å²) in [6.07, 6.45) is 30.0. The molecule has 5 fully saturated rings. The van der Waals surface area contributed by atoms with Crippen LogP contribution >= 0.6 is 0 Å². The van der Waals surface area contributed by atoms with Crippen LogP contribution in [0.1, 0.15) is 188 Å². The molecular formula is C42H74O4. The molecule has 5 saturated carbocycles. The Bertz CT molecular complexity index is 919. The van der Waals surface area contributed by atoms with Gasteiger partial charge < -0.3 is 15.3 Å². The highest BCUT2D eigenvalue weighted by atomic mass is 16.3. The summed E-state index contributed by atoms with van der Waals surface area (Å²) in [7, 11) is 0. The molecule has 0 aromatic rings. The summed E-state index contributed by atoms with van der Waals surface area (Å²) in [5.74, 6) is 3.43. The molecule has 0 radical (unpaired) electrons. The Kier molecular flexibility index (Phi) is 13.6. The molecule has 0 aromatic heterocycles. The van der Waals surface area contributed by atoms with Gasteiger partial charge in [-0.2, -0.15) is 0 Å². The van der Waals surface area contributed by atoms with Crippen molar-refractivity contribution >= 4 is 5.78 Å². The van der Waals surface area contributed by atoms with Crippen molar-refractivity contribution < 1.29 is 20.1 Å². The Labute approximate surface area is 283 Å². The average molecular weight is 643 g/mol. The van der Waals surface area contributed by atoms with Gasteiger partial charge in [-0.3, -0.25) is 4.79 Å². The van der Waals surface area contributed by atoms with E-state index in [0.717, 1.165) is 70.1 Å². The number of aliphatic hydroxyl groups is 3. The zero-order valence-corrected chi connectivity index (χ0v) is 30.4. The zero-order chi connectivity index (χ0) is 32.7. The van der Waals surface area contributed by atoms with Gasteiger partial charge in [-0.1, -0.05) is 117 Å². The normalized spacial score (nSPS) is 42.6. The van der Waals surface area contributed by atoms with Crippen LogP contribution in [0.4, 0.5) is 0 Å². The fourth-order valence-corrected chi connectivity index (χ4v) is 12.5. The molecule has 0 aromatic carbocycles. The number of hydrogen-bond acceptors (Lipinski definition) is 4. The first-order chi connectivity index (χ1) is 22.1. The van der Waals surface area contributed by atoms with Gasteiger partial charge in [0.2, 0.25) is 0 Å². The zero-order valence-electron chi connectivity index (χ0n) is 30.4. The SMILES string of the molecule is C[C@H](CCC(=O)CCCC1CCCCCCCCCCCCCC1)C1CCC2C3C(O)CC4CC(O)CCC4(C)C3CC(O)C21C. The number of Topliss-reactive ketones (excluding diaryl/α,β-unsaturated/α-hetero) is 1. The van der Waals surface area contributed by atoms with E-state index in [1.807, 2.05) is 0 Å². The Morgan fingerprint density at radius 2 is 1.33 bits per heavy atom. The quantitative estimate of drug-likeness (QED) is 0.246. The Balaban J connectivity index is 1.09. The first kappa shape index (κ1) is 36.8. The minimum atomic E-state index is -0.344. The third kappa shape index (κ3) is 8.46. The second-order valence-corrected chi connectivity index (χ2v) is 18.2. The fourth-order valence-electron chi connectivity index (χ4n) is 12.5. The molecule has 0 heterocycles. The number of aliphatic hydroxyl groups excluding tert-OH is 3. The lowest BCUT2D eigenvalue weighted by Crippen LogP contribution is -2.62. The number of carbonyl (C=O) groups is 1. The molecule has 0 spiro atoms. The number of rotatable bonds is 8. The average Bonchev–Trinajstić information content (AvgIpc) is 3.38. The molecule has 0 aliphatic heterocycles. The van der Waals surface area contributed by atoms with Gasteiger partial charge in [-0.15, -0.1) is 0 Å². The van der Waals surface area contributed by atoms with Crippen molar-refractivity contribution in [3.8, 4) is 0 Å². The van der Waals surface area contributed by atoms with Gasteiger partial charge in [0.25, 0.3) is 0 Å². The minimum Gasteiger partial charge on any atom is -0.393 e. The highest BCUT2D eigenvalue weighted by molar-refractivity contribution is 5.78. The second-order valence-electron chi connectivity index (χ2n) is 18.2. The molecule has 4 nitrogen and oxygen atoms in total. The number of carbonyl (C=O) groups excluding carboxylic acids is 1. The highest BCUT2D eigenvalue weighted by Crippen LogP contribution is 2.68. The summed E-state index contributed by atoms with van der Waals surface area (Å²) in [6.45, 7) is 7.10. The summed E-state index contributed by atoms with van der Waals surface area (Å²) in [6, 6.07) is 0. The van der Waals surface area contributed by atoms with Crippen molar-refractivity contribution in [2.45, 2.75) is 206 Å². The van der Waals surface area contributed by atoms with Crippen molar-refractivity contribution in [3.05, 3.63) is 0 Å². The molecule has 5 aliphatic rings. The number of fused-ring (bicyclic) bond motifs is 5. The van der Waals surface area contributed by atoms with Crippen LogP contribution in [0.5, 0.6) is 0 Å². The Morgan fingerprint density at radius 1 is 0.717 bits per heavy atom. The lowest BCUT2D eigenvalue weighted by molar-refractivity contribution is -0.207. The lowest BCUT2D eigenvalue weighted by atomic mass is 9.43. The van der Waals surface area contributed by atoms with Crippen LogP contribution < -0.4 is 0 Å². The third-order valence-corrected chi connectivity index (χ3v) is 15.4. The fraction of sp³-hybridized carbons (Fsp3) is 0.976. The molecule has 5 aliphatic carbocycles. The van der Waals surface area contributed by atoms with Crippen LogP contribution in [0.25, 0.3) is 0 Å². The van der Waals surface area contributed by atoms with Crippen LogP contribution in [0, 0.1) is 52.3 Å². The van der Waals surface area contributed by atoms with E-state index in [0.29, 0.717) is 41.8 Å². The van der Waals surface area contributed by atoms with Gasteiger partial charge >= 0.3 is 0 Å². The molecule has 4 heteroatoms. The lowest BCUT2D eigenvalue weighted by Gasteiger charge is -2.63. The molecular weight excluding hydrogens is 568 g/mol. The van der Waals surface area contributed by atoms with Gasteiger partial charge in [0.15, 0.2) is 0 Å². The molecule has 0 saturated heterocycles. The van der Waals surface area contributed by atoms with E-state index in [2.05, 4.69) is 20.8 Å². The van der Waals surface area contributed by atoms with Crippen LogP contribution in [0.2, 0.25) is 0 Å². The van der Waals surface area contributed by atoms with E-state index >= 15 is 0 Å². The van der Waals surface area contributed by atoms with Gasteiger partial charge in [0, 0.05) is 12.8 Å². The van der Waals surface area contributed by atoms with Crippen molar-refractivity contribution in [2.24, 2.45) is 52.3 Å². The van der Waals surface area contributed by atoms with Crippen molar-refractivity contribution in [2.75, 3.05) is 0 Å². The van der Waals surface area contributed by atoms with Gasteiger partial charge in [0.05, 0.1) is 18.3 Å².